The lowest BCUT2D eigenvalue weighted by atomic mass is 9.83. The van der Waals surface area contributed by atoms with Crippen LogP contribution in [0, 0.1) is 0 Å². The van der Waals surface area contributed by atoms with Gasteiger partial charge in [0.15, 0.2) is 5.82 Å². The first kappa shape index (κ1) is 14.7. The molecule has 1 aliphatic carbocycles. The van der Waals surface area contributed by atoms with E-state index in [0.29, 0.717) is 11.7 Å². The van der Waals surface area contributed by atoms with Gasteiger partial charge in [-0.05, 0) is 34.7 Å². The van der Waals surface area contributed by atoms with Crippen molar-refractivity contribution in [1.29, 1.82) is 0 Å². The third-order valence-electron chi connectivity index (χ3n) is 3.91. The van der Waals surface area contributed by atoms with Crippen molar-refractivity contribution in [2.24, 2.45) is 0 Å². The van der Waals surface area contributed by atoms with E-state index in [0.717, 1.165) is 41.7 Å². The fourth-order valence-electron chi connectivity index (χ4n) is 2.71. The summed E-state index contributed by atoms with van der Waals surface area (Å²) in [5, 5.41) is 0. The van der Waals surface area contributed by atoms with Crippen molar-refractivity contribution >= 4 is 21.7 Å². The molecule has 0 atom stereocenters. The number of ether oxygens (including phenoxy) is 1. The van der Waals surface area contributed by atoms with E-state index in [-0.39, 0.29) is 5.60 Å². The van der Waals surface area contributed by atoms with Crippen LogP contribution in [0.15, 0.2) is 4.47 Å². The van der Waals surface area contributed by atoms with Crippen LogP contribution in [0.25, 0.3) is 0 Å². The van der Waals surface area contributed by atoms with Gasteiger partial charge in [-0.2, -0.15) is 0 Å². The van der Waals surface area contributed by atoms with Gasteiger partial charge in [0.1, 0.15) is 11.4 Å². The molecule has 1 heterocycles. The summed E-state index contributed by atoms with van der Waals surface area (Å²) >= 11 is 3.49. The van der Waals surface area contributed by atoms with Gasteiger partial charge in [-0.1, -0.05) is 33.1 Å². The number of nitrogens with zero attached hydrogens (tertiary/aromatic N) is 2. The van der Waals surface area contributed by atoms with Gasteiger partial charge in [-0.25, -0.2) is 9.97 Å². The number of hydrogen-bond acceptors (Lipinski definition) is 4. The summed E-state index contributed by atoms with van der Waals surface area (Å²) < 4.78 is 6.61. The number of halogens is 1. The molecule has 1 aromatic heterocycles. The third-order valence-corrected chi connectivity index (χ3v) is 4.72. The normalized spacial score (nSPS) is 18.8. The van der Waals surface area contributed by atoms with Crippen LogP contribution >= 0.6 is 15.9 Å². The zero-order chi connectivity index (χ0) is 14.0. The van der Waals surface area contributed by atoms with Crippen molar-refractivity contribution in [3.63, 3.8) is 0 Å². The minimum absolute atomic E-state index is 0.302. The maximum Gasteiger partial charge on any atom is 0.162 e. The molecule has 2 N–H and O–H groups in total. The van der Waals surface area contributed by atoms with Crippen LogP contribution in [-0.2, 0) is 10.3 Å². The van der Waals surface area contributed by atoms with Crippen molar-refractivity contribution < 1.29 is 4.74 Å². The predicted octanol–water partition coefficient (Wildman–Crippen LogP) is 3.75. The third kappa shape index (κ3) is 2.77. The molecule has 1 aliphatic rings. The first-order chi connectivity index (χ1) is 9.00. The molecule has 1 aromatic rings. The number of nitrogen functional groups attached to an aromatic ring is 1. The van der Waals surface area contributed by atoms with Crippen LogP contribution in [0.2, 0.25) is 0 Å². The monoisotopic (exact) mass is 327 g/mol. The van der Waals surface area contributed by atoms with Crippen LogP contribution in [0.1, 0.15) is 63.4 Å². The minimum atomic E-state index is -0.350. The lowest BCUT2D eigenvalue weighted by Crippen LogP contribution is -2.34. The van der Waals surface area contributed by atoms with Gasteiger partial charge in [-0.15, -0.1) is 0 Å². The van der Waals surface area contributed by atoms with Gasteiger partial charge in [0.25, 0.3) is 0 Å². The molecule has 5 heteroatoms. The number of anilines is 1. The Morgan fingerprint density at radius 3 is 2.37 bits per heavy atom. The lowest BCUT2D eigenvalue weighted by Gasteiger charge is -2.35. The van der Waals surface area contributed by atoms with E-state index >= 15 is 0 Å². The minimum Gasteiger partial charge on any atom is -0.383 e. The average molecular weight is 328 g/mol. The Morgan fingerprint density at radius 1 is 1.21 bits per heavy atom. The molecular formula is C14H22BrN3O. The lowest BCUT2D eigenvalue weighted by molar-refractivity contribution is -0.0515. The molecular weight excluding hydrogens is 306 g/mol. The van der Waals surface area contributed by atoms with Gasteiger partial charge in [0, 0.05) is 7.11 Å². The number of nitrogens with two attached hydrogens (primary N) is 1. The van der Waals surface area contributed by atoms with Gasteiger partial charge in [-0.3, -0.25) is 0 Å². The first-order valence-corrected chi connectivity index (χ1v) is 7.68. The molecule has 1 fully saturated rings. The summed E-state index contributed by atoms with van der Waals surface area (Å²) in [4.78, 5) is 9.21. The summed E-state index contributed by atoms with van der Waals surface area (Å²) in [6.07, 6.45) is 5.52. The molecule has 0 aliphatic heterocycles. The van der Waals surface area contributed by atoms with Crippen LogP contribution in [0.3, 0.4) is 0 Å². The van der Waals surface area contributed by atoms with Crippen molar-refractivity contribution in [3.05, 3.63) is 16.0 Å². The standard InChI is InChI=1S/C14H22BrN3O/c1-9(2)11-10(15)12(16)18-13(17-11)14(19-3)7-5-4-6-8-14/h9H,4-8H2,1-3H3,(H2,16,17,18). The average Bonchev–Trinajstić information content (AvgIpc) is 2.42. The molecule has 0 saturated heterocycles. The molecule has 2 rings (SSSR count). The summed E-state index contributed by atoms with van der Waals surface area (Å²) in [5.41, 5.74) is 6.64. The van der Waals surface area contributed by atoms with E-state index in [1.54, 1.807) is 7.11 Å². The Bertz CT molecular complexity index is 456. The maximum atomic E-state index is 6.03. The summed E-state index contributed by atoms with van der Waals surface area (Å²) in [5.74, 6) is 1.56. The largest absolute Gasteiger partial charge is 0.383 e. The Hall–Kier alpha value is -0.680. The predicted molar refractivity (Wildman–Crippen MR) is 80.0 cm³/mol. The highest BCUT2D eigenvalue weighted by Gasteiger charge is 2.37. The van der Waals surface area contributed by atoms with Crippen LogP contribution in [-0.4, -0.2) is 17.1 Å². The maximum absolute atomic E-state index is 6.03. The molecule has 106 valence electrons. The Balaban J connectivity index is 2.49. The van der Waals surface area contributed by atoms with Crippen LogP contribution < -0.4 is 5.73 Å². The van der Waals surface area contributed by atoms with E-state index in [1.165, 1.54) is 6.42 Å². The molecule has 4 nitrogen and oxygen atoms in total. The van der Waals surface area contributed by atoms with Crippen molar-refractivity contribution in [2.75, 3.05) is 12.8 Å². The second-order valence-corrected chi connectivity index (χ2v) is 6.34. The Labute approximate surface area is 123 Å². The van der Waals surface area contributed by atoms with E-state index in [2.05, 4.69) is 34.8 Å². The van der Waals surface area contributed by atoms with E-state index < -0.39 is 0 Å². The fourth-order valence-corrected chi connectivity index (χ4v) is 3.35. The number of rotatable bonds is 3. The topological polar surface area (TPSA) is 61.0 Å². The Morgan fingerprint density at radius 2 is 1.84 bits per heavy atom. The van der Waals surface area contributed by atoms with Gasteiger partial charge >= 0.3 is 0 Å². The summed E-state index contributed by atoms with van der Waals surface area (Å²) in [6, 6.07) is 0. The molecule has 0 bridgehead atoms. The SMILES string of the molecule is COC1(c2nc(N)c(Br)c(C(C)C)n2)CCCCC1. The fraction of sp³-hybridized carbons (Fsp3) is 0.714. The van der Waals surface area contributed by atoms with E-state index in [1.807, 2.05) is 0 Å². The zero-order valence-corrected chi connectivity index (χ0v) is 13.5. The second kappa shape index (κ2) is 5.75. The zero-order valence-electron chi connectivity index (χ0n) is 11.9. The molecule has 0 amide bonds. The molecule has 0 unspecified atom stereocenters. The first-order valence-electron chi connectivity index (χ1n) is 6.88. The van der Waals surface area contributed by atoms with E-state index in [9.17, 15) is 0 Å². The summed E-state index contributed by atoms with van der Waals surface area (Å²) in [6.45, 7) is 4.22. The second-order valence-electron chi connectivity index (χ2n) is 5.55. The smallest absolute Gasteiger partial charge is 0.162 e. The highest BCUT2D eigenvalue weighted by molar-refractivity contribution is 9.10. The van der Waals surface area contributed by atoms with Crippen LogP contribution in [0.4, 0.5) is 5.82 Å². The Kier molecular flexibility index (Phi) is 4.46. The highest BCUT2D eigenvalue weighted by atomic mass is 79.9. The van der Waals surface area contributed by atoms with E-state index in [4.69, 9.17) is 15.5 Å². The number of aromatic nitrogens is 2. The summed E-state index contributed by atoms with van der Waals surface area (Å²) in [7, 11) is 1.75. The van der Waals surface area contributed by atoms with Crippen molar-refractivity contribution in [1.82, 2.24) is 9.97 Å². The molecule has 1 saturated carbocycles. The van der Waals surface area contributed by atoms with Crippen LogP contribution in [0.5, 0.6) is 0 Å². The number of methoxy groups -OCH3 is 1. The van der Waals surface area contributed by atoms with Crippen molar-refractivity contribution in [3.8, 4) is 0 Å². The van der Waals surface area contributed by atoms with Gasteiger partial charge < -0.3 is 10.5 Å². The highest BCUT2D eigenvalue weighted by Crippen LogP contribution is 2.40. The molecule has 19 heavy (non-hydrogen) atoms. The quantitative estimate of drug-likeness (QED) is 0.918. The molecule has 0 aromatic carbocycles. The van der Waals surface area contributed by atoms with Crippen molar-refractivity contribution in [2.45, 2.75) is 57.5 Å². The number of hydrogen-bond donors (Lipinski definition) is 1. The van der Waals surface area contributed by atoms with Gasteiger partial charge in [0.05, 0.1) is 10.2 Å². The molecule has 0 radical (unpaired) electrons. The molecule has 0 spiro atoms. The van der Waals surface area contributed by atoms with Gasteiger partial charge in [0.2, 0.25) is 0 Å².